The molecule has 1 atom stereocenters. The standard InChI is InChI=1S/C20H34N2/c1-15(2)19-9-7-8-18(12-19)13-22-11-10-21(17(5)6)14-20(22)16(3)4/h7-9,12,15-17,20H,10-11,13-14H2,1-6H3. The summed E-state index contributed by atoms with van der Waals surface area (Å²) in [5.74, 6) is 1.31. The lowest BCUT2D eigenvalue weighted by Gasteiger charge is -2.45. The van der Waals surface area contributed by atoms with Crippen molar-refractivity contribution in [3.8, 4) is 0 Å². The summed E-state index contributed by atoms with van der Waals surface area (Å²) in [6.45, 7) is 18.6. The number of hydrogen-bond acceptors (Lipinski definition) is 2. The summed E-state index contributed by atoms with van der Waals surface area (Å²) in [4.78, 5) is 5.33. The first-order valence-corrected chi connectivity index (χ1v) is 8.95. The van der Waals surface area contributed by atoms with E-state index in [2.05, 4.69) is 75.6 Å². The average Bonchev–Trinajstić information content (AvgIpc) is 2.47. The predicted molar refractivity (Wildman–Crippen MR) is 96.3 cm³/mol. The molecule has 1 aliphatic rings. The number of hydrogen-bond donors (Lipinski definition) is 0. The van der Waals surface area contributed by atoms with Crippen molar-refractivity contribution in [2.75, 3.05) is 19.6 Å². The molecule has 2 nitrogen and oxygen atoms in total. The van der Waals surface area contributed by atoms with Gasteiger partial charge in [-0.25, -0.2) is 0 Å². The van der Waals surface area contributed by atoms with Crippen molar-refractivity contribution in [1.82, 2.24) is 9.80 Å². The molecular weight excluding hydrogens is 268 g/mol. The minimum Gasteiger partial charge on any atom is -0.298 e. The summed E-state index contributed by atoms with van der Waals surface area (Å²) < 4.78 is 0. The van der Waals surface area contributed by atoms with E-state index in [-0.39, 0.29) is 0 Å². The lowest BCUT2D eigenvalue weighted by molar-refractivity contribution is 0.0297. The Morgan fingerprint density at radius 3 is 2.36 bits per heavy atom. The maximum Gasteiger partial charge on any atom is 0.0250 e. The van der Waals surface area contributed by atoms with Gasteiger partial charge in [-0.2, -0.15) is 0 Å². The molecule has 0 aromatic heterocycles. The molecule has 0 bridgehead atoms. The van der Waals surface area contributed by atoms with Gasteiger partial charge in [-0.05, 0) is 36.8 Å². The van der Waals surface area contributed by atoms with E-state index in [1.807, 2.05) is 0 Å². The molecule has 1 saturated heterocycles. The molecular formula is C20H34N2. The zero-order valence-corrected chi connectivity index (χ0v) is 15.3. The largest absolute Gasteiger partial charge is 0.298 e. The summed E-state index contributed by atoms with van der Waals surface area (Å²) in [6, 6.07) is 10.5. The molecule has 0 aliphatic carbocycles. The maximum absolute atomic E-state index is 2.70. The smallest absolute Gasteiger partial charge is 0.0250 e. The highest BCUT2D eigenvalue weighted by molar-refractivity contribution is 5.25. The topological polar surface area (TPSA) is 6.48 Å². The molecule has 0 amide bonds. The van der Waals surface area contributed by atoms with Crippen LogP contribution < -0.4 is 0 Å². The second-order valence-electron chi connectivity index (χ2n) is 7.77. The van der Waals surface area contributed by atoms with Crippen LogP contribution >= 0.6 is 0 Å². The SMILES string of the molecule is CC(C)c1cccc(CN2CCN(C(C)C)CC2C(C)C)c1. The van der Waals surface area contributed by atoms with Crippen LogP contribution in [0.1, 0.15) is 58.6 Å². The minimum atomic E-state index is 0.610. The molecule has 0 spiro atoms. The van der Waals surface area contributed by atoms with Gasteiger partial charge < -0.3 is 0 Å². The molecule has 2 rings (SSSR count). The zero-order chi connectivity index (χ0) is 16.3. The van der Waals surface area contributed by atoms with Crippen LogP contribution in [0.15, 0.2) is 24.3 Å². The highest BCUT2D eigenvalue weighted by Crippen LogP contribution is 2.23. The first kappa shape index (κ1) is 17.5. The zero-order valence-electron chi connectivity index (χ0n) is 15.3. The van der Waals surface area contributed by atoms with E-state index in [4.69, 9.17) is 0 Å². The Balaban J connectivity index is 2.09. The molecule has 1 aromatic carbocycles. The van der Waals surface area contributed by atoms with E-state index in [1.54, 1.807) is 0 Å². The quantitative estimate of drug-likeness (QED) is 0.797. The molecule has 1 unspecified atom stereocenters. The van der Waals surface area contributed by atoms with Crippen molar-refractivity contribution in [1.29, 1.82) is 0 Å². The Morgan fingerprint density at radius 2 is 1.77 bits per heavy atom. The second-order valence-corrected chi connectivity index (χ2v) is 7.77. The van der Waals surface area contributed by atoms with E-state index >= 15 is 0 Å². The molecule has 2 heteroatoms. The Kier molecular flexibility index (Phi) is 6.05. The molecule has 22 heavy (non-hydrogen) atoms. The third-order valence-corrected chi connectivity index (χ3v) is 5.07. The first-order chi connectivity index (χ1) is 10.4. The van der Waals surface area contributed by atoms with Crippen molar-refractivity contribution < 1.29 is 0 Å². The van der Waals surface area contributed by atoms with Crippen LogP contribution in [-0.2, 0) is 6.54 Å². The van der Waals surface area contributed by atoms with Gasteiger partial charge in [0.25, 0.3) is 0 Å². The predicted octanol–water partition coefficient (Wildman–Crippen LogP) is 4.36. The number of piperazine rings is 1. The lowest BCUT2D eigenvalue weighted by atomic mass is 9.96. The van der Waals surface area contributed by atoms with Crippen LogP contribution in [0.4, 0.5) is 0 Å². The first-order valence-electron chi connectivity index (χ1n) is 8.95. The monoisotopic (exact) mass is 302 g/mol. The number of rotatable bonds is 5. The highest BCUT2D eigenvalue weighted by Gasteiger charge is 2.30. The van der Waals surface area contributed by atoms with Gasteiger partial charge in [0, 0.05) is 38.3 Å². The molecule has 1 aromatic rings. The summed E-state index contributed by atoms with van der Waals surface area (Å²) in [6.07, 6.45) is 0. The molecule has 1 fully saturated rings. The van der Waals surface area contributed by atoms with Gasteiger partial charge in [-0.15, -0.1) is 0 Å². The van der Waals surface area contributed by atoms with Crippen molar-refractivity contribution >= 4 is 0 Å². The lowest BCUT2D eigenvalue weighted by Crippen LogP contribution is -2.56. The molecule has 1 aliphatic heterocycles. The van der Waals surface area contributed by atoms with Gasteiger partial charge in [0.1, 0.15) is 0 Å². The Bertz CT molecular complexity index is 465. The van der Waals surface area contributed by atoms with Crippen LogP contribution in [0.2, 0.25) is 0 Å². The highest BCUT2D eigenvalue weighted by atomic mass is 15.3. The minimum absolute atomic E-state index is 0.610. The molecule has 0 radical (unpaired) electrons. The summed E-state index contributed by atoms with van der Waals surface area (Å²) >= 11 is 0. The summed E-state index contributed by atoms with van der Waals surface area (Å²) in [5, 5.41) is 0. The fraction of sp³-hybridized carbons (Fsp3) is 0.700. The van der Waals surface area contributed by atoms with Crippen molar-refractivity contribution in [2.45, 2.75) is 66.1 Å². The normalized spacial score (nSPS) is 21.2. The molecule has 124 valence electrons. The number of benzene rings is 1. The van der Waals surface area contributed by atoms with Crippen molar-refractivity contribution in [2.24, 2.45) is 5.92 Å². The Morgan fingerprint density at radius 1 is 1.05 bits per heavy atom. The fourth-order valence-electron chi connectivity index (χ4n) is 3.45. The third-order valence-electron chi connectivity index (χ3n) is 5.07. The fourth-order valence-corrected chi connectivity index (χ4v) is 3.45. The van der Waals surface area contributed by atoms with Crippen LogP contribution in [-0.4, -0.2) is 41.5 Å². The molecule has 0 N–H and O–H groups in total. The van der Waals surface area contributed by atoms with Crippen LogP contribution in [0, 0.1) is 5.92 Å². The van der Waals surface area contributed by atoms with E-state index in [9.17, 15) is 0 Å². The Hall–Kier alpha value is -0.860. The maximum atomic E-state index is 2.70. The van der Waals surface area contributed by atoms with Crippen molar-refractivity contribution in [3.63, 3.8) is 0 Å². The molecule has 0 saturated carbocycles. The average molecular weight is 303 g/mol. The summed E-state index contributed by atoms with van der Waals surface area (Å²) in [5.41, 5.74) is 2.93. The van der Waals surface area contributed by atoms with Crippen LogP contribution in [0.3, 0.4) is 0 Å². The van der Waals surface area contributed by atoms with Crippen LogP contribution in [0.25, 0.3) is 0 Å². The van der Waals surface area contributed by atoms with Crippen LogP contribution in [0.5, 0.6) is 0 Å². The van der Waals surface area contributed by atoms with Gasteiger partial charge >= 0.3 is 0 Å². The van der Waals surface area contributed by atoms with Gasteiger partial charge in [0.2, 0.25) is 0 Å². The van der Waals surface area contributed by atoms with Gasteiger partial charge in [-0.3, -0.25) is 9.80 Å². The van der Waals surface area contributed by atoms with E-state index in [0.717, 1.165) is 6.54 Å². The van der Waals surface area contributed by atoms with E-state index < -0.39 is 0 Å². The molecule has 1 heterocycles. The summed E-state index contributed by atoms with van der Waals surface area (Å²) in [7, 11) is 0. The van der Waals surface area contributed by atoms with E-state index in [0.29, 0.717) is 23.9 Å². The van der Waals surface area contributed by atoms with Gasteiger partial charge in [-0.1, -0.05) is 52.0 Å². The number of nitrogens with zero attached hydrogens (tertiary/aromatic N) is 2. The second kappa shape index (κ2) is 7.61. The van der Waals surface area contributed by atoms with Gasteiger partial charge in [0.05, 0.1) is 0 Å². The van der Waals surface area contributed by atoms with E-state index in [1.165, 1.54) is 30.8 Å². The van der Waals surface area contributed by atoms with Gasteiger partial charge in [0.15, 0.2) is 0 Å². The third kappa shape index (κ3) is 4.33. The van der Waals surface area contributed by atoms with Crippen molar-refractivity contribution in [3.05, 3.63) is 35.4 Å². The Labute approximate surface area is 137 Å².